The van der Waals surface area contributed by atoms with Crippen molar-refractivity contribution in [3.63, 3.8) is 0 Å². The molecule has 1 aliphatic heterocycles. The summed E-state index contributed by atoms with van der Waals surface area (Å²) in [6, 6.07) is 5.73. The molecule has 1 amide bonds. The molecule has 1 aromatic rings. The fourth-order valence-electron chi connectivity index (χ4n) is 3.24. The van der Waals surface area contributed by atoms with Crippen LogP contribution in [0.4, 0.5) is 0 Å². The molecule has 176 valence electrons. The predicted octanol–water partition coefficient (Wildman–Crippen LogP) is 1.85. The molecule has 8 nitrogen and oxygen atoms in total. The molecule has 1 aliphatic rings. The number of aliphatic imine (C=N–C) groups is 1. The Morgan fingerprint density at radius 3 is 2.55 bits per heavy atom. The second-order valence-corrected chi connectivity index (χ2v) is 7.46. The van der Waals surface area contributed by atoms with Crippen molar-refractivity contribution in [2.24, 2.45) is 4.99 Å². The zero-order valence-electron chi connectivity index (χ0n) is 18.7. The lowest BCUT2D eigenvalue weighted by molar-refractivity contribution is -0.122. The summed E-state index contributed by atoms with van der Waals surface area (Å²) in [4.78, 5) is 21.2. The molecule has 0 saturated carbocycles. The topological polar surface area (TPSA) is 78.4 Å². The number of nitrogens with one attached hydrogen (secondary N) is 2. The predicted molar refractivity (Wildman–Crippen MR) is 136 cm³/mol. The van der Waals surface area contributed by atoms with Crippen LogP contribution in [0.5, 0.6) is 5.75 Å². The SMILES string of the molecule is CCNC(=NCCc1ccc(OC)cc1Cl)N1CCN(CC(=O)NCCOC)CC1.I. The highest BCUT2D eigenvalue weighted by atomic mass is 127. The summed E-state index contributed by atoms with van der Waals surface area (Å²) >= 11 is 6.33. The van der Waals surface area contributed by atoms with Crippen LogP contribution in [-0.2, 0) is 16.0 Å². The van der Waals surface area contributed by atoms with E-state index >= 15 is 0 Å². The number of rotatable bonds is 10. The number of methoxy groups -OCH3 is 2. The number of piperazine rings is 1. The van der Waals surface area contributed by atoms with E-state index in [1.165, 1.54) is 0 Å². The van der Waals surface area contributed by atoms with Gasteiger partial charge in [0.15, 0.2) is 5.96 Å². The smallest absolute Gasteiger partial charge is 0.234 e. The Morgan fingerprint density at radius 2 is 1.94 bits per heavy atom. The standard InChI is InChI=1S/C21H34ClN5O3.HI/c1-4-23-21(25-8-7-17-5-6-18(30-3)15-19(17)22)27-12-10-26(11-13-27)16-20(28)24-9-14-29-2;/h5-6,15H,4,7-14,16H2,1-3H3,(H,23,25)(H,24,28);1H. The van der Waals surface area contributed by atoms with E-state index in [2.05, 4.69) is 27.4 Å². The molecule has 0 atom stereocenters. The Labute approximate surface area is 207 Å². The minimum atomic E-state index is 0. The van der Waals surface area contributed by atoms with E-state index in [-0.39, 0.29) is 29.9 Å². The molecule has 0 radical (unpaired) electrons. The quantitative estimate of drug-likeness (QED) is 0.195. The number of guanidine groups is 1. The summed E-state index contributed by atoms with van der Waals surface area (Å²) in [5, 5.41) is 6.94. The van der Waals surface area contributed by atoms with Crippen LogP contribution in [-0.4, -0.2) is 94.9 Å². The van der Waals surface area contributed by atoms with Gasteiger partial charge in [0.25, 0.3) is 0 Å². The average Bonchev–Trinajstić information content (AvgIpc) is 2.75. The van der Waals surface area contributed by atoms with Gasteiger partial charge >= 0.3 is 0 Å². The van der Waals surface area contributed by atoms with Gasteiger partial charge in [-0.15, -0.1) is 24.0 Å². The van der Waals surface area contributed by atoms with Gasteiger partial charge in [0, 0.05) is 57.9 Å². The van der Waals surface area contributed by atoms with Gasteiger partial charge in [0.05, 0.1) is 20.3 Å². The molecule has 0 aromatic heterocycles. The zero-order valence-corrected chi connectivity index (χ0v) is 21.7. The van der Waals surface area contributed by atoms with Crippen molar-refractivity contribution in [2.45, 2.75) is 13.3 Å². The summed E-state index contributed by atoms with van der Waals surface area (Å²) in [6.07, 6.45) is 0.763. The highest BCUT2D eigenvalue weighted by Gasteiger charge is 2.21. The minimum absolute atomic E-state index is 0. The average molecular weight is 568 g/mol. The van der Waals surface area contributed by atoms with Crippen LogP contribution in [0.1, 0.15) is 12.5 Å². The van der Waals surface area contributed by atoms with Gasteiger partial charge in [-0.3, -0.25) is 14.7 Å². The molecule has 0 unspecified atom stereocenters. The van der Waals surface area contributed by atoms with Crippen molar-refractivity contribution < 1.29 is 14.3 Å². The Morgan fingerprint density at radius 1 is 1.19 bits per heavy atom. The first-order chi connectivity index (χ1) is 14.6. The first kappa shape index (κ1) is 27.7. The molecule has 0 bridgehead atoms. The van der Waals surface area contributed by atoms with Gasteiger partial charge in [-0.05, 0) is 31.0 Å². The Hall–Kier alpha value is -1.30. The maximum atomic E-state index is 12.0. The molecule has 2 rings (SSSR count). The molecular formula is C21H35ClIN5O3. The fraction of sp³-hybridized carbons (Fsp3) is 0.619. The number of hydrogen-bond donors (Lipinski definition) is 2. The van der Waals surface area contributed by atoms with Gasteiger partial charge in [0.2, 0.25) is 5.91 Å². The Kier molecular flexibility index (Phi) is 13.9. The number of benzene rings is 1. The summed E-state index contributed by atoms with van der Waals surface area (Å²) in [6.45, 7) is 8.34. The van der Waals surface area contributed by atoms with E-state index in [4.69, 9.17) is 26.1 Å². The number of hydrogen-bond acceptors (Lipinski definition) is 5. The van der Waals surface area contributed by atoms with E-state index in [0.29, 0.717) is 31.3 Å². The van der Waals surface area contributed by atoms with Gasteiger partial charge in [-0.2, -0.15) is 0 Å². The number of carbonyl (C=O) groups excluding carboxylic acids is 1. The third-order valence-corrected chi connectivity index (χ3v) is 5.26. The highest BCUT2D eigenvalue weighted by molar-refractivity contribution is 14.0. The van der Waals surface area contributed by atoms with Crippen LogP contribution < -0.4 is 15.4 Å². The van der Waals surface area contributed by atoms with Crippen molar-refractivity contribution in [2.75, 3.05) is 73.2 Å². The zero-order chi connectivity index (χ0) is 21.8. The number of carbonyl (C=O) groups is 1. The van der Waals surface area contributed by atoms with Crippen molar-refractivity contribution >= 4 is 47.4 Å². The number of nitrogens with zero attached hydrogens (tertiary/aromatic N) is 3. The van der Waals surface area contributed by atoms with Crippen LogP contribution in [0.15, 0.2) is 23.2 Å². The molecule has 31 heavy (non-hydrogen) atoms. The Balaban J connectivity index is 0.00000480. The van der Waals surface area contributed by atoms with Gasteiger partial charge in [-0.1, -0.05) is 17.7 Å². The molecule has 10 heteroatoms. The van der Waals surface area contributed by atoms with E-state index in [0.717, 1.165) is 56.4 Å². The molecule has 0 spiro atoms. The first-order valence-electron chi connectivity index (χ1n) is 10.4. The lowest BCUT2D eigenvalue weighted by atomic mass is 10.1. The second-order valence-electron chi connectivity index (χ2n) is 7.05. The van der Waals surface area contributed by atoms with E-state index < -0.39 is 0 Å². The maximum Gasteiger partial charge on any atom is 0.234 e. The van der Waals surface area contributed by atoms with Gasteiger partial charge < -0.3 is 25.0 Å². The molecule has 1 aromatic carbocycles. The molecule has 1 fully saturated rings. The molecule has 1 heterocycles. The van der Waals surface area contributed by atoms with E-state index in [9.17, 15) is 4.79 Å². The van der Waals surface area contributed by atoms with Crippen molar-refractivity contribution in [1.82, 2.24) is 20.4 Å². The Bertz CT molecular complexity index is 700. The lowest BCUT2D eigenvalue weighted by Crippen LogP contribution is -2.54. The van der Waals surface area contributed by atoms with Crippen LogP contribution in [0.2, 0.25) is 5.02 Å². The summed E-state index contributed by atoms with van der Waals surface area (Å²) in [5.74, 6) is 1.70. The third kappa shape index (κ3) is 9.80. The van der Waals surface area contributed by atoms with Crippen LogP contribution in [0, 0.1) is 0 Å². The lowest BCUT2D eigenvalue weighted by Gasteiger charge is -2.36. The van der Waals surface area contributed by atoms with Crippen LogP contribution >= 0.6 is 35.6 Å². The molecule has 2 N–H and O–H groups in total. The number of halogens is 2. The molecule has 1 saturated heterocycles. The summed E-state index contributed by atoms with van der Waals surface area (Å²) in [5.41, 5.74) is 1.06. The minimum Gasteiger partial charge on any atom is -0.497 e. The monoisotopic (exact) mass is 567 g/mol. The van der Waals surface area contributed by atoms with Crippen molar-refractivity contribution in [3.8, 4) is 5.75 Å². The fourth-order valence-corrected chi connectivity index (χ4v) is 3.50. The van der Waals surface area contributed by atoms with Crippen LogP contribution in [0.3, 0.4) is 0 Å². The first-order valence-corrected chi connectivity index (χ1v) is 10.8. The maximum absolute atomic E-state index is 12.0. The normalized spacial score (nSPS) is 14.7. The number of ether oxygens (including phenoxy) is 2. The highest BCUT2D eigenvalue weighted by Crippen LogP contribution is 2.22. The van der Waals surface area contributed by atoms with Gasteiger partial charge in [0.1, 0.15) is 5.75 Å². The second kappa shape index (κ2) is 15.5. The van der Waals surface area contributed by atoms with Crippen molar-refractivity contribution in [1.29, 1.82) is 0 Å². The van der Waals surface area contributed by atoms with E-state index in [1.807, 2.05) is 18.2 Å². The van der Waals surface area contributed by atoms with Crippen molar-refractivity contribution in [3.05, 3.63) is 28.8 Å². The largest absolute Gasteiger partial charge is 0.497 e. The third-order valence-electron chi connectivity index (χ3n) is 4.91. The molecule has 0 aliphatic carbocycles. The molecular weight excluding hydrogens is 533 g/mol. The van der Waals surface area contributed by atoms with Gasteiger partial charge in [-0.25, -0.2) is 0 Å². The van der Waals surface area contributed by atoms with E-state index in [1.54, 1.807) is 14.2 Å². The summed E-state index contributed by atoms with van der Waals surface area (Å²) in [7, 11) is 3.26. The van der Waals surface area contributed by atoms with Crippen LogP contribution in [0.25, 0.3) is 0 Å². The number of amides is 1. The summed E-state index contributed by atoms with van der Waals surface area (Å²) < 4.78 is 10.2.